The van der Waals surface area contributed by atoms with E-state index in [1.165, 1.54) is 36.0 Å². The molecule has 0 atom stereocenters. The molecule has 1 heterocycles. The molecule has 8 nitrogen and oxygen atoms in total. The van der Waals surface area contributed by atoms with Crippen LogP contribution in [0.15, 0.2) is 82.8 Å². The van der Waals surface area contributed by atoms with Crippen LogP contribution in [0.5, 0.6) is 0 Å². The Balaban J connectivity index is 1.56. The zero-order valence-corrected chi connectivity index (χ0v) is 20.2. The molecule has 3 N–H and O–H groups in total. The molecule has 0 aliphatic rings. The van der Waals surface area contributed by atoms with Crippen LogP contribution in [0.4, 0.5) is 5.69 Å². The van der Waals surface area contributed by atoms with E-state index in [1.54, 1.807) is 0 Å². The lowest BCUT2D eigenvalue weighted by molar-refractivity contribution is -0.113. The number of nitrogens with two attached hydrogens (primary N) is 1. The number of anilines is 1. The Hall–Kier alpha value is -3.47. The van der Waals surface area contributed by atoms with Crippen LogP contribution in [0.2, 0.25) is 0 Å². The first kappa shape index (κ1) is 23.7. The molecule has 0 radical (unpaired) electrons. The predicted molar refractivity (Wildman–Crippen MR) is 133 cm³/mol. The van der Waals surface area contributed by atoms with Crippen molar-refractivity contribution in [2.45, 2.75) is 23.9 Å². The Morgan fingerprint density at radius 1 is 0.971 bits per heavy atom. The standard InChI is InChI=1S/C24H23N5O3S2/c1-16-6-10-20(11-7-16)29-23(18-5-3-4-17(2)14-18)27-28-24(29)33-15-22(30)26-19-8-12-21(13-9-19)34(25,31)32/h3-14H,15H2,1-2H3,(H,26,30)(H2,25,31,32). The molecule has 0 spiro atoms. The lowest BCUT2D eigenvalue weighted by Crippen LogP contribution is -2.15. The maximum atomic E-state index is 12.5. The average molecular weight is 494 g/mol. The second-order valence-corrected chi connectivity index (χ2v) is 10.3. The van der Waals surface area contributed by atoms with Crippen LogP contribution >= 0.6 is 11.8 Å². The van der Waals surface area contributed by atoms with Gasteiger partial charge in [0.25, 0.3) is 0 Å². The van der Waals surface area contributed by atoms with Crippen molar-refractivity contribution in [2.75, 3.05) is 11.1 Å². The fourth-order valence-corrected chi connectivity index (χ4v) is 4.58. The number of rotatable bonds is 7. The number of aryl methyl sites for hydroxylation is 2. The van der Waals surface area contributed by atoms with Crippen molar-refractivity contribution < 1.29 is 13.2 Å². The minimum atomic E-state index is -3.79. The van der Waals surface area contributed by atoms with E-state index in [9.17, 15) is 13.2 Å². The number of amides is 1. The summed E-state index contributed by atoms with van der Waals surface area (Å²) in [6.45, 7) is 4.04. The number of carbonyl (C=O) groups is 1. The normalized spacial score (nSPS) is 11.4. The van der Waals surface area contributed by atoms with Gasteiger partial charge in [0.15, 0.2) is 11.0 Å². The van der Waals surface area contributed by atoms with Crippen molar-refractivity contribution in [3.05, 3.63) is 83.9 Å². The lowest BCUT2D eigenvalue weighted by Gasteiger charge is -2.11. The van der Waals surface area contributed by atoms with Gasteiger partial charge in [-0.3, -0.25) is 9.36 Å². The van der Waals surface area contributed by atoms with Crippen molar-refractivity contribution in [3.8, 4) is 17.1 Å². The highest BCUT2D eigenvalue weighted by atomic mass is 32.2. The highest BCUT2D eigenvalue weighted by Gasteiger charge is 2.18. The smallest absolute Gasteiger partial charge is 0.238 e. The number of nitrogens with zero attached hydrogens (tertiary/aromatic N) is 3. The van der Waals surface area contributed by atoms with Crippen LogP contribution in [-0.4, -0.2) is 34.8 Å². The summed E-state index contributed by atoms with van der Waals surface area (Å²) in [7, 11) is -3.79. The summed E-state index contributed by atoms with van der Waals surface area (Å²) < 4.78 is 24.7. The monoisotopic (exact) mass is 493 g/mol. The molecule has 1 amide bonds. The van der Waals surface area contributed by atoms with Gasteiger partial charge in [-0.2, -0.15) is 0 Å². The molecule has 34 heavy (non-hydrogen) atoms. The Labute approximate surface area is 202 Å². The SMILES string of the molecule is Cc1ccc(-n2c(SCC(=O)Nc3ccc(S(N)(=O)=O)cc3)nnc2-c2cccc(C)c2)cc1. The summed E-state index contributed by atoms with van der Waals surface area (Å²) in [5.74, 6) is 0.521. The van der Waals surface area contributed by atoms with Gasteiger partial charge in [-0.25, -0.2) is 13.6 Å². The number of thioether (sulfide) groups is 1. The highest BCUT2D eigenvalue weighted by Crippen LogP contribution is 2.28. The second-order valence-electron chi connectivity index (χ2n) is 7.75. The minimum absolute atomic E-state index is 0.0187. The number of hydrogen-bond donors (Lipinski definition) is 2. The Morgan fingerprint density at radius 2 is 1.68 bits per heavy atom. The summed E-state index contributed by atoms with van der Waals surface area (Å²) in [5, 5.41) is 17.2. The van der Waals surface area contributed by atoms with Crippen LogP contribution < -0.4 is 10.5 Å². The van der Waals surface area contributed by atoms with Gasteiger partial charge >= 0.3 is 0 Å². The van der Waals surface area contributed by atoms with Gasteiger partial charge in [-0.05, 0) is 56.3 Å². The van der Waals surface area contributed by atoms with Crippen LogP contribution in [-0.2, 0) is 14.8 Å². The summed E-state index contributed by atoms with van der Waals surface area (Å²) in [6.07, 6.45) is 0. The van der Waals surface area contributed by atoms with E-state index in [2.05, 4.69) is 15.5 Å². The largest absolute Gasteiger partial charge is 0.325 e. The second kappa shape index (κ2) is 9.80. The molecule has 0 fully saturated rings. The fraction of sp³-hybridized carbons (Fsp3) is 0.125. The maximum absolute atomic E-state index is 12.5. The van der Waals surface area contributed by atoms with Gasteiger partial charge in [0.2, 0.25) is 15.9 Å². The zero-order valence-electron chi connectivity index (χ0n) is 18.6. The van der Waals surface area contributed by atoms with Crippen molar-refractivity contribution in [1.82, 2.24) is 14.8 Å². The number of carbonyl (C=O) groups excluding carboxylic acids is 1. The topological polar surface area (TPSA) is 120 Å². The molecule has 0 bridgehead atoms. The molecule has 4 rings (SSSR count). The van der Waals surface area contributed by atoms with Crippen LogP contribution in [0.3, 0.4) is 0 Å². The summed E-state index contributed by atoms with van der Waals surface area (Å²) >= 11 is 1.26. The first-order chi connectivity index (χ1) is 16.2. The number of hydrogen-bond acceptors (Lipinski definition) is 6. The van der Waals surface area contributed by atoms with Crippen molar-refractivity contribution in [3.63, 3.8) is 0 Å². The van der Waals surface area contributed by atoms with E-state index in [4.69, 9.17) is 5.14 Å². The quantitative estimate of drug-likeness (QED) is 0.377. The molecule has 4 aromatic rings. The molecule has 0 aliphatic heterocycles. The van der Waals surface area contributed by atoms with Crippen LogP contribution in [0, 0.1) is 13.8 Å². The average Bonchev–Trinajstić information content (AvgIpc) is 3.22. The molecular formula is C24H23N5O3S2. The number of sulfonamides is 1. The molecule has 0 aliphatic carbocycles. The van der Waals surface area contributed by atoms with Crippen LogP contribution in [0.25, 0.3) is 17.1 Å². The molecule has 174 valence electrons. The Bertz CT molecular complexity index is 1430. The lowest BCUT2D eigenvalue weighted by atomic mass is 10.1. The first-order valence-corrected chi connectivity index (χ1v) is 12.9. The summed E-state index contributed by atoms with van der Waals surface area (Å²) in [4.78, 5) is 12.5. The Morgan fingerprint density at radius 3 is 2.32 bits per heavy atom. The van der Waals surface area contributed by atoms with Crippen molar-refractivity contribution in [2.24, 2.45) is 5.14 Å². The van der Waals surface area contributed by atoms with E-state index in [0.29, 0.717) is 16.7 Å². The van der Waals surface area contributed by atoms with E-state index in [0.717, 1.165) is 22.4 Å². The number of primary sulfonamides is 1. The minimum Gasteiger partial charge on any atom is -0.325 e. The van der Waals surface area contributed by atoms with Crippen molar-refractivity contribution in [1.29, 1.82) is 0 Å². The number of nitrogens with one attached hydrogen (secondary N) is 1. The third kappa shape index (κ3) is 5.53. The molecule has 0 saturated carbocycles. The first-order valence-electron chi connectivity index (χ1n) is 10.4. The molecule has 1 aromatic heterocycles. The fourth-order valence-electron chi connectivity index (χ4n) is 3.32. The molecule has 3 aromatic carbocycles. The Kier molecular flexibility index (Phi) is 6.82. The van der Waals surface area contributed by atoms with Gasteiger partial charge in [0.05, 0.1) is 10.6 Å². The molecule has 0 saturated heterocycles. The van der Waals surface area contributed by atoms with E-state index >= 15 is 0 Å². The van der Waals surface area contributed by atoms with E-state index in [1.807, 2.05) is 66.9 Å². The molecular weight excluding hydrogens is 470 g/mol. The number of benzene rings is 3. The van der Waals surface area contributed by atoms with Crippen molar-refractivity contribution >= 4 is 33.4 Å². The van der Waals surface area contributed by atoms with E-state index in [-0.39, 0.29) is 16.6 Å². The van der Waals surface area contributed by atoms with Gasteiger partial charge < -0.3 is 5.32 Å². The summed E-state index contributed by atoms with van der Waals surface area (Å²) in [6, 6.07) is 21.7. The third-order valence-corrected chi connectivity index (χ3v) is 6.86. The number of aromatic nitrogens is 3. The van der Waals surface area contributed by atoms with E-state index < -0.39 is 10.0 Å². The highest BCUT2D eigenvalue weighted by molar-refractivity contribution is 7.99. The summed E-state index contributed by atoms with van der Waals surface area (Å²) in [5.41, 5.74) is 4.54. The van der Waals surface area contributed by atoms with Gasteiger partial charge in [0.1, 0.15) is 0 Å². The third-order valence-electron chi connectivity index (χ3n) is 5.00. The van der Waals surface area contributed by atoms with Gasteiger partial charge in [-0.1, -0.05) is 53.2 Å². The van der Waals surface area contributed by atoms with Gasteiger partial charge in [-0.15, -0.1) is 10.2 Å². The van der Waals surface area contributed by atoms with Gasteiger partial charge in [0, 0.05) is 16.9 Å². The molecule has 10 heteroatoms. The predicted octanol–water partition coefficient (Wildman–Crippen LogP) is 3.93. The maximum Gasteiger partial charge on any atom is 0.238 e. The zero-order chi connectivity index (χ0) is 24.3. The van der Waals surface area contributed by atoms with Crippen LogP contribution in [0.1, 0.15) is 11.1 Å². The molecule has 0 unspecified atom stereocenters.